The summed E-state index contributed by atoms with van der Waals surface area (Å²) in [4.78, 5) is -0.329. The molecule has 0 aliphatic rings. The Labute approximate surface area is 101 Å². The summed E-state index contributed by atoms with van der Waals surface area (Å²) in [6.07, 6.45) is 0.532. The molecule has 0 aliphatic heterocycles. The van der Waals surface area contributed by atoms with Crippen LogP contribution < -0.4 is 4.72 Å². The van der Waals surface area contributed by atoms with Gasteiger partial charge in [-0.25, -0.2) is 17.5 Å². The molecule has 1 rings (SSSR count). The quantitative estimate of drug-likeness (QED) is 0.845. The minimum Gasteiger partial charge on any atom is -0.385 e. The Hall–Kier alpha value is -0.980. The van der Waals surface area contributed by atoms with Crippen LogP contribution in [0.15, 0.2) is 29.2 Å². The zero-order chi connectivity index (χ0) is 12.9. The maximum atomic E-state index is 13.3. The van der Waals surface area contributed by atoms with Crippen molar-refractivity contribution in [3.63, 3.8) is 0 Å². The highest BCUT2D eigenvalue weighted by Crippen LogP contribution is 2.13. The number of nitrogens with one attached hydrogen (secondary N) is 1. The molecule has 1 atom stereocenters. The molecule has 0 saturated carbocycles. The van der Waals surface area contributed by atoms with Crippen molar-refractivity contribution in [2.75, 3.05) is 13.7 Å². The third kappa shape index (κ3) is 4.07. The predicted molar refractivity (Wildman–Crippen MR) is 62.7 cm³/mol. The van der Waals surface area contributed by atoms with E-state index >= 15 is 0 Å². The lowest BCUT2D eigenvalue weighted by Gasteiger charge is -2.13. The van der Waals surface area contributed by atoms with Crippen molar-refractivity contribution < 1.29 is 17.5 Å². The van der Waals surface area contributed by atoms with Gasteiger partial charge >= 0.3 is 0 Å². The zero-order valence-electron chi connectivity index (χ0n) is 9.81. The minimum absolute atomic E-state index is 0.306. The molecule has 1 unspecified atom stereocenters. The fraction of sp³-hybridized carbons (Fsp3) is 0.455. The van der Waals surface area contributed by atoms with Gasteiger partial charge in [0.05, 0.1) is 0 Å². The van der Waals surface area contributed by atoms with Gasteiger partial charge in [-0.3, -0.25) is 0 Å². The summed E-state index contributed by atoms with van der Waals surface area (Å²) in [6, 6.07) is 4.98. The van der Waals surface area contributed by atoms with E-state index in [1.54, 1.807) is 6.92 Å². The molecule has 96 valence electrons. The Morgan fingerprint density at radius 3 is 2.65 bits per heavy atom. The minimum atomic E-state index is -3.80. The van der Waals surface area contributed by atoms with Crippen LogP contribution in [0.25, 0.3) is 0 Å². The summed E-state index contributed by atoms with van der Waals surface area (Å²) in [6.45, 7) is 2.15. The Bertz CT molecular complexity index is 462. The van der Waals surface area contributed by atoms with E-state index in [4.69, 9.17) is 4.74 Å². The standard InChI is InChI=1S/C11H16FNO3S/c1-9(7-8-16-2)13-17(14,15)11-6-4-3-5-10(11)12/h3-6,9,13H,7-8H2,1-2H3. The Morgan fingerprint density at radius 1 is 1.41 bits per heavy atom. The molecule has 0 saturated heterocycles. The molecule has 0 amide bonds. The number of ether oxygens (including phenoxy) is 1. The van der Waals surface area contributed by atoms with E-state index in [1.165, 1.54) is 25.3 Å². The lowest BCUT2D eigenvalue weighted by Crippen LogP contribution is -2.33. The molecular weight excluding hydrogens is 245 g/mol. The molecule has 4 nitrogen and oxygen atoms in total. The van der Waals surface area contributed by atoms with Gasteiger partial charge in [-0.1, -0.05) is 12.1 Å². The van der Waals surface area contributed by atoms with Crippen LogP contribution in [0.2, 0.25) is 0 Å². The van der Waals surface area contributed by atoms with E-state index in [2.05, 4.69) is 4.72 Å². The lowest BCUT2D eigenvalue weighted by molar-refractivity contribution is 0.188. The second-order valence-corrected chi connectivity index (χ2v) is 5.42. The summed E-state index contributed by atoms with van der Waals surface area (Å²) < 4.78 is 44.3. The summed E-state index contributed by atoms with van der Waals surface area (Å²) in [5.41, 5.74) is 0. The maximum Gasteiger partial charge on any atom is 0.243 e. The first-order valence-corrected chi connectivity index (χ1v) is 6.71. The SMILES string of the molecule is COCCC(C)NS(=O)(=O)c1ccccc1F. The molecule has 0 aliphatic carbocycles. The number of hydrogen-bond donors (Lipinski definition) is 1. The molecular formula is C11H16FNO3S. The smallest absolute Gasteiger partial charge is 0.243 e. The van der Waals surface area contributed by atoms with Gasteiger partial charge in [0.1, 0.15) is 10.7 Å². The first kappa shape index (κ1) is 14.1. The second-order valence-electron chi connectivity index (χ2n) is 3.73. The van der Waals surface area contributed by atoms with E-state index in [-0.39, 0.29) is 10.9 Å². The first-order chi connectivity index (χ1) is 7.97. The van der Waals surface area contributed by atoms with E-state index < -0.39 is 15.8 Å². The maximum absolute atomic E-state index is 13.3. The van der Waals surface area contributed by atoms with Crippen LogP contribution in [0.4, 0.5) is 4.39 Å². The Kier molecular flexibility index (Phi) is 5.04. The predicted octanol–water partition coefficient (Wildman–Crippen LogP) is 1.53. The van der Waals surface area contributed by atoms with Crippen molar-refractivity contribution in [2.45, 2.75) is 24.3 Å². The van der Waals surface area contributed by atoms with Gasteiger partial charge < -0.3 is 4.74 Å². The number of methoxy groups -OCH3 is 1. The van der Waals surface area contributed by atoms with E-state index in [1.807, 2.05) is 0 Å². The molecule has 6 heteroatoms. The molecule has 0 radical (unpaired) electrons. The molecule has 0 heterocycles. The third-order valence-electron chi connectivity index (χ3n) is 2.24. The fourth-order valence-corrected chi connectivity index (χ4v) is 2.70. The van der Waals surface area contributed by atoms with Crippen LogP contribution in [0.1, 0.15) is 13.3 Å². The largest absolute Gasteiger partial charge is 0.385 e. The average molecular weight is 261 g/mol. The third-order valence-corrected chi connectivity index (χ3v) is 3.86. The molecule has 0 spiro atoms. The van der Waals surface area contributed by atoms with Crippen molar-refractivity contribution in [1.29, 1.82) is 0 Å². The highest BCUT2D eigenvalue weighted by molar-refractivity contribution is 7.89. The van der Waals surface area contributed by atoms with Gasteiger partial charge in [-0.2, -0.15) is 0 Å². The summed E-state index contributed by atoms with van der Waals surface area (Å²) in [5.74, 6) is -0.751. The molecule has 0 bridgehead atoms. The number of hydrogen-bond acceptors (Lipinski definition) is 3. The second kappa shape index (κ2) is 6.09. The van der Waals surface area contributed by atoms with Crippen molar-refractivity contribution in [3.8, 4) is 0 Å². The van der Waals surface area contributed by atoms with Crippen molar-refractivity contribution in [2.24, 2.45) is 0 Å². The molecule has 1 N–H and O–H groups in total. The van der Waals surface area contributed by atoms with Crippen LogP contribution >= 0.6 is 0 Å². The first-order valence-electron chi connectivity index (χ1n) is 5.23. The number of benzene rings is 1. The Balaban J connectivity index is 2.79. The van der Waals surface area contributed by atoms with E-state index in [0.29, 0.717) is 13.0 Å². The average Bonchev–Trinajstić information content (AvgIpc) is 2.26. The number of sulfonamides is 1. The van der Waals surface area contributed by atoms with Gasteiger partial charge in [0, 0.05) is 19.8 Å². The monoisotopic (exact) mass is 261 g/mol. The highest BCUT2D eigenvalue weighted by Gasteiger charge is 2.20. The lowest BCUT2D eigenvalue weighted by atomic mass is 10.3. The molecule has 0 fully saturated rings. The van der Waals surface area contributed by atoms with Crippen LogP contribution in [0.3, 0.4) is 0 Å². The van der Waals surface area contributed by atoms with Gasteiger partial charge in [0.25, 0.3) is 0 Å². The number of halogens is 1. The van der Waals surface area contributed by atoms with Crippen molar-refractivity contribution in [1.82, 2.24) is 4.72 Å². The Morgan fingerprint density at radius 2 is 2.06 bits per heavy atom. The van der Waals surface area contributed by atoms with Gasteiger partial charge in [-0.05, 0) is 25.5 Å². The van der Waals surface area contributed by atoms with E-state index in [0.717, 1.165) is 6.07 Å². The fourth-order valence-electron chi connectivity index (χ4n) is 1.34. The van der Waals surface area contributed by atoms with Gasteiger partial charge in [-0.15, -0.1) is 0 Å². The van der Waals surface area contributed by atoms with Crippen LogP contribution in [0.5, 0.6) is 0 Å². The van der Waals surface area contributed by atoms with Crippen LogP contribution in [-0.4, -0.2) is 28.2 Å². The van der Waals surface area contributed by atoms with Crippen molar-refractivity contribution >= 4 is 10.0 Å². The normalized spacial score (nSPS) is 13.6. The highest BCUT2D eigenvalue weighted by atomic mass is 32.2. The van der Waals surface area contributed by atoms with Crippen LogP contribution in [0, 0.1) is 5.82 Å². The molecule has 17 heavy (non-hydrogen) atoms. The van der Waals surface area contributed by atoms with E-state index in [9.17, 15) is 12.8 Å². The topological polar surface area (TPSA) is 55.4 Å². The summed E-state index contributed by atoms with van der Waals surface area (Å²) >= 11 is 0. The zero-order valence-corrected chi connectivity index (χ0v) is 10.6. The summed E-state index contributed by atoms with van der Waals surface area (Å²) in [7, 11) is -2.26. The number of rotatable bonds is 6. The van der Waals surface area contributed by atoms with Gasteiger partial charge in [0.2, 0.25) is 10.0 Å². The van der Waals surface area contributed by atoms with Crippen LogP contribution in [-0.2, 0) is 14.8 Å². The van der Waals surface area contributed by atoms with Gasteiger partial charge in [0.15, 0.2) is 0 Å². The molecule has 1 aromatic rings. The molecule has 1 aromatic carbocycles. The van der Waals surface area contributed by atoms with Crippen molar-refractivity contribution in [3.05, 3.63) is 30.1 Å². The molecule has 0 aromatic heterocycles. The summed E-state index contributed by atoms with van der Waals surface area (Å²) in [5, 5.41) is 0.